The van der Waals surface area contributed by atoms with Crippen LogP contribution >= 0.6 is 0 Å². The molecule has 0 amide bonds. The average Bonchev–Trinajstić information content (AvgIpc) is 2.10. The summed E-state index contributed by atoms with van der Waals surface area (Å²) in [4.78, 5) is 0. The van der Waals surface area contributed by atoms with E-state index >= 15 is 0 Å². The lowest BCUT2D eigenvalue weighted by Crippen LogP contribution is -2.07. The van der Waals surface area contributed by atoms with Crippen molar-refractivity contribution in [2.45, 2.75) is 13.3 Å². The molecule has 0 bridgehead atoms. The van der Waals surface area contributed by atoms with Crippen LogP contribution in [0.25, 0.3) is 0 Å². The molecular weight excluding hydrogens is 148 g/mol. The molecule has 66 valence electrons. The maximum Gasteiger partial charge on any atom is 0.0518 e. The molecule has 0 radical (unpaired) electrons. The molecule has 2 nitrogen and oxygen atoms in total. The molecule has 2 heteroatoms. The molecule has 0 saturated heterocycles. The van der Waals surface area contributed by atoms with E-state index in [9.17, 15) is 0 Å². The number of hydrogen-bond acceptors (Lipinski definition) is 2. The Morgan fingerprint density at radius 1 is 1.58 bits per heavy atom. The molecule has 0 aromatic heterocycles. The van der Waals surface area contributed by atoms with Crippen molar-refractivity contribution in [1.29, 1.82) is 0 Å². The highest BCUT2D eigenvalue weighted by Gasteiger charge is 1.91. The molecule has 0 aliphatic heterocycles. The fourth-order valence-electron chi connectivity index (χ4n) is 0.565. The Balaban J connectivity index is 4.01. The third-order valence-corrected chi connectivity index (χ3v) is 1.28. The molecule has 0 unspecified atom stereocenters. The number of nitrogens with zero attached hydrogens (tertiary/aromatic N) is 2. The normalized spacial score (nSPS) is 10.8. The number of allylic oxidation sites excluding steroid dienone is 3. The van der Waals surface area contributed by atoms with Crippen LogP contribution < -0.4 is 0 Å². The highest BCUT2D eigenvalue weighted by atomic mass is 15.4. The summed E-state index contributed by atoms with van der Waals surface area (Å²) in [7, 11) is 1.86. The smallest absolute Gasteiger partial charge is 0.0518 e. The summed E-state index contributed by atoms with van der Waals surface area (Å²) in [6.45, 7) is 9.43. The molecule has 0 fully saturated rings. The lowest BCUT2D eigenvalue weighted by Gasteiger charge is -2.11. The Bertz CT molecular complexity index is 202. The number of likely N-dealkylation sites (N-methyl/N-ethyl adjacent to an activating group) is 1. The van der Waals surface area contributed by atoms with Crippen molar-refractivity contribution in [2.24, 2.45) is 5.10 Å². The van der Waals surface area contributed by atoms with Crippen molar-refractivity contribution in [3.8, 4) is 0 Å². The van der Waals surface area contributed by atoms with E-state index in [0.29, 0.717) is 0 Å². The van der Waals surface area contributed by atoms with Crippen LogP contribution in [0.1, 0.15) is 13.3 Å². The summed E-state index contributed by atoms with van der Waals surface area (Å²) in [6.07, 6.45) is 8.18. The minimum Gasteiger partial charge on any atom is -0.270 e. The highest BCUT2D eigenvalue weighted by molar-refractivity contribution is 5.56. The molecule has 0 aliphatic carbocycles. The molecule has 0 spiro atoms. The Morgan fingerprint density at radius 3 is 2.75 bits per heavy atom. The Hall–Kier alpha value is -1.31. The van der Waals surface area contributed by atoms with Crippen molar-refractivity contribution in [1.82, 2.24) is 5.01 Å². The fraction of sp³-hybridized carbons (Fsp3) is 0.300. The quantitative estimate of drug-likeness (QED) is 0.346. The summed E-state index contributed by atoms with van der Waals surface area (Å²) >= 11 is 0. The highest BCUT2D eigenvalue weighted by Crippen LogP contribution is 1.99. The first-order valence-corrected chi connectivity index (χ1v) is 3.96. The van der Waals surface area contributed by atoms with E-state index in [1.165, 1.54) is 0 Å². The molecule has 0 aliphatic rings. The van der Waals surface area contributed by atoms with Gasteiger partial charge in [0.2, 0.25) is 0 Å². The standard InChI is InChI=1S/C10H16N2/c1-5-7-8-10(3)12(4)11-9-6-2/h5,7-9H,1,3,6H2,2,4H3. The third kappa shape index (κ3) is 4.50. The van der Waals surface area contributed by atoms with Crippen molar-refractivity contribution in [3.05, 3.63) is 37.1 Å². The van der Waals surface area contributed by atoms with Crippen LogP contribution in [0.15, 0.2) is 42.2 Å². The Morgan fingerprint density at radius 2 is 2.25 bits per heavy atom. The van der Waals surface area contributed by atoms with Crippen LogP contribution in [-0.2, 0) is 0 Å². The van der Waals surface area contributed by atoms with Crippen molar-refractivity contribution >= 4 is 6.21 Å². The summed E-state index contributed by atoms with van der Waals surface area (Å²) < 4.78 is 0. The molecule has 0 heterocycles. The topological polar surface area (TPSA) is 15.6 Å². The Labute approximate surface area is 74.6 Å². The minimum absolute atomic E-state index is 0.847. The average molecular weight is 164 g/mol. The first-order valence-electron chi connectivity index (χ1n) is 3.96. The molecule has 12 heavy (non-hydrogen) atoms. The summed E-state index contributed by atoms with van der Waals surface area (Å²) in [5.41, 5.74) is 0.847. The van der Waals surface area contributed by atoms with Crippen molar-refractivity contribution in [2.75, 3.05) is 7.05 Å². The van der Waals surface area contributed by atoms with E-state index in [-0.39, 0.29) is 0 Å². The second-order valence-electron chi connectivity index (χ2n) is 2.32. The van der Waals surface area contributed by atoms with Gasteiger partial charge in [-0.1, -0.05) is 32.2 Å². The van der Waals surface area contributed by atoms with Gasteiger partial charge in [0.25, 0.3) is 0 Å². The molecule has 0 N–H and O–H groups in total. The lowest BCUT2D eigenvalue weighted by atomic mass is 10.4. The maximum absolute atomic E-state index is 4.12. The molecule has 0 aromatic rings. The predicted octanol–water partition coefficient (Wildman–Crippen LogP) is 2.57. The monoisotopic (exact) mass is 164 g/mol. The zero-order chi connectivity index (χ0) is 9.40. The van der Waals surface area contributed by atoms with Crippen LogP contribution in [-0.4, -0.2) is 18.3 Å². The molecule has 0 saturated carbocycles. The van der Waals surface area contributed by atoms with Gasteiger partial charge >= 0.3 is 0 Å². The van der Waals surface area contributed by atoms with E-state index in [1.54, 1.807) is 11.1 Å². The van der Waals surface area contributed by atoms with Gasteiger partial charge in [-0.05, 0) is 12.5 Å². The molecule has 0 rings (SSSR count). The first-order chi connectivity index (χ1) is 5.72. The number of hydrogen-bond donors (Lipinski definition) is 0. The van der Waals surface area contributed by atoms with E-state index in [2.05, 4.69) is 18.3 Å². The van der Waals surface area contributed by atoms with Crippen LogP contribution in [0.5, 0.6) is 0 Å². The summed E-state index contributed by atoms with van der Waals surface area (Å²) in [5.74, 6) is 0. The molecule has 0 aromatic carbocycles. The largest absolute Gasteiger partial charge is 0.270 e. The fourth-order valence-corrected chi connectivity index (χ4v) is 0.565. The Kier molecular flexibility index (Phi) is 5.70. The van der Waals surface area contributed by atoms with Gasteiger partial charge in [-0.2, -0.15) is 5.10 Å². The van der Waals surface area contributed by atoms with Crippen LogP contribution in [0.2, 0.25) is 0 Å². The van der Waals surface area contributed by atoms with Gasteiger partial charge in [-0.25, -0.2) is 0 Å². The molecular formula is C10H16N2. The van der Waals surface area contributed by atoms with Crippen LogP contribution in [0.3, 0.4) is 0 Å². The van der Waals surface area contributed by atoms with Crippen LogP contribution in [0, 0.1) is 0 Å². The second-order valence-corrected chi connectivity index (χ2v) is 2.32. The van der Waals surface area contributed by atoms with Gasteiger partial charge in [0, 0.05) is 13.3 Å². The van der Waals surface area contributed by atoms with Crippen molar-refractivity contribution in [3.63, 3.8) is 0 Å². The predicted molar refractivity (Wildman–Crippen MR) is 55.0 cm³/mol. The number of rotatable bonds is 5. The van der Waals surface area contributed by atoms with Gasteiger partial charge in [-0.15, -0.1) is 0 Å². The third-order valence-electron chi connectivity index (χ3n) is 1.28. The van der Waals surface area contributed by atoms with Gasteiger partial charge in [0.05, 0.1) is 5.70 Å². The first kappa shape index (κ1) is 10.7. The van der Waals surface area contributed by atoms with E-state index in [1.807, 2.05) is 32.3 Å². The zero-order valence-electron chi connectivity index (χ0n) is 7.83. The van der Waals surface area contributed by atoms with E-state index in [0.717, 1.165) is 12.1 Å². The van der Waals surface area contributed by atoms with Gasteiger partial charge in [-0.3, -0.25) is 5.01 Å². The minimum atomic E-state index is 0.847. The maximum atomic E-state index is 4.12. The van der Waals surface area contributed by atoms with E-state index < -0.39 is 0 Å². The summed E-state index contributed by atoms with van der Waals surface area (Å²) in [6, 6.07) is 0. The SMILES string of the molecule is C=CC=CC(=C)N(C)N=CCC. The van der Waals surface area contributed by atoms with Crippen molar-refractivity contribution < 1.29 is 0 Å². The second kappa shape index (κ2) is 6.40. The van der Waals surface area contributed by atoms with Gasteiger partial charge in [0.1, 0.15) is 0 Å². The van der Waals surface area contributed by atoms with Gasteiger partial charge in [0.15, 0.2) is 0 Å². The molecule has 0 atom stereocenters. The van der Waals surface area contributed by atoms with E-state index in [4.69, 9.17) is 0 Å². The number of hydrazone groups is 1. The van der Waals surface area contributed by atoms with Crippen LogP contribution in [0.4, 0.5) is 0 Å². The zero-order valence-corrected chi connectivity index (χ0v) is 7.83. The summed E-state index contributed by atoms with van der Waals surface area (Å²) in [5, 5.41) is 5.84. The van der Waals surface area contributed by atoms with Gasteiger partial charge < -0.3 is 0 Å². The lowest BCUT2D eigenvalue weighted by molar-refractivity contribution is 0.464.